The van der Waals surface area contributed by atoms with Gasteiger partial charge in [-0.1, -0.05) is 18.2 Å². The van der Waals surface area contributed by atoms with Crippen LogP contribution in [0.5, 0.6) is 5.75 Å². The topological polar surface area (TPSA) is 96.9 Å². The summed E-state index contributed by atoms with van der Waals surface area (Å²) in [6.45, 7) is 6.43. The van der Waals surface area contributed by atoms with Crippen molar-refractivity contribution >= 4 is 0 Å². The second-order valence-corrected chi connectivity index (χ2v) is 6.88. The van der Waals surface area contributed by atoms with Crippen molar-refractivity contribution in [3.63, 3.8) is 0 Å². The number of nitrogens with one attached hydrogen (secondary N) is 1. The zero-order chi connectivity index (χ0) is 20.6. The quantitative estimate of drug-likeness (QED) is 0.582. The number of rotatable bonds is 10. The molecule has 0 bridgehead atoms. The molecule has 3 rings (SSSR count). The first kappa shape index (κ1) is 21.4. The lowest BCUT2D eigenvalue weighted by molar-refractivity contribution is -0.145. The fourth-order valence-electron chi connectivity index (χ4n) is 3.34. The third kappa shape index (κ3) is 5.86. The van der Waals surface area contributed by atoms with Gasteiger partial charge in [0.15, 0.2) is 5.82 Å². The summed E-state index contributed by atoms with van der Waals surface area (Å²) in [7, 11) is 0. The molecule has 0 saturated heterocycles. The first-order chi connectivity index (χ1) is 14.1. The Labute approximate surface area is 170 Å². The molecule has 2 aromatic rings. The predicted molar refractivity (Wildman–Crippen MR) is 108 cm³/mol. The van der Waals surface area contributed by atoms with Gasteiger partial charge in [0.25, 0.3) is 5.56 Å². The van der Waals surface area contributed by atoms with Crippen LogP contribution in [-0.2, 0) is 22.4 Å². The Kier molecular flexibility index (Phi) is 7.76. The van der Waals surface area contributed by atoms with E-state index in [0.29, 0.717) is 50.7 Å². The number of fused-ring (bicyclic) bond motifs is 1. The predicted octanol–water partition coefficient (Wildman–Crippen LogP) is 1.64. The molecule has 29 heavy (non-hydrogen) atoms. The van der Waals surface area contributed by atoms with Crippen molar-refractivity contribution in [3.05, 3.63) is 57.8 Å². The van der Waals surface area contributed by atoms with E-state index < -0.39 is 12.4 Å². The SMILES string of the molecule is CCOC(OCC)c1nc2c(c(=O)[nH]1)CN(C[C@@H](O)COc1ccccc1)CC2. The number of aliphatic hydroxyl groups excluding tert-OH is 1. The molecule has 1 aromatic carbocycles. The minimum atomic E-state index is -0.669. The number of hydrogen-bond acceptors (Lipinski definition) is 7. The van der Waals surface area contributed by atoms with Gasteiger partial charge in [-0.05, 0) is 26.0 Å². The van der Waals surface area contributed by atoms with Crippen molar-refractivity contribution in [1.29, 1.82) is 0 Å². The molecule has 0 fully saturated rings. The van der Waals surface area contributed by atoms with Gasteiger partial charge < -0.3 is 24.3 Å². The zero-order valence-corrected chi connectivity index (χ0v) is 17.0. The van der Waals surface area contributed by atoms with E-state index in [4.69, 9.17) is 14.2 Å². The van der Waals surface area contributed by atoms with Gasteiger partial charge in [0.05, 0.1) is 11.3 Å². The van der Waals surface area contributed by atoms with E-state index in [2.05, 4.69) is 9.97 Å². The fourth-order valence-corrected chi connectivity index (χ4v) is 3.34. The van der Waals surface area contributed by atoms with Gasteiger partial charge in [-0.25, -0.2) is 4.98 Å². The maximum atomic E-state index is 12.6. The number of ether oxygens (including phenoxy) is 3. The Hall–Kier alpha value is -2.26. The molecule has 0 radical (unpaired) electrons. The lowest BCUT2D eigenvalue weighted by atomic mass is 10.1. The highest BCUT2D eigenvalue weighted by Gasteiger charge is 2.25. The molecule has 0 saturated carbocycles. The number of aromatic nitrogens is 2. The summed E-state index contributed by atoms with van der Waals surface area (Å²) in [6.07, 6.45) is -0.690. The average molecular weight is 403 g/mol. The zero-order valence-electron chi connectivity index (χ0n) is 17.0. The van der Waals surface area contributed by atoms with E-state index in [1.807, 2.05) is 49.1 Å². The average Bonchev–Trinajstić information content (AvgIpc) is 2.73. The second kappa shape index (κ2) is 10.5. The lowest BCUT2D eigenvalue weighted by Gasteiger charge is -2.29. The molecular formula is C21H29N3O5. The number of H-pyrrole nitrogens is 1. The molecular weight excluding hydrogens is 374 g/mol. The number of hydrogen-bond donors (Lipinski definition) is 2. The first-order valence-electron chi connectivity index (χ1n) is 10.0. The van der Waals surface area contributed by atoms with Gasteiger partial charge in [-0.2, -0.15) is 0 Å². The Morgan fingerprint density at radius 2 is 1.93 bits per heavy atom. The van der Waals surface area contributed by atoms with Crippen molar-refractivity contribution in [2.45, 2.75) is 39.2 Å². The smallest absolute Gasteiger partial charge is 0.255 e. The van der Waals surface area contributed by atoms with Crippen molar-refractivity contribution in [3.8, 4) is 5.75 Å². The third-order valence-electron chi connectivity index (χ3n) is 4.68. The van der Waals surface area contributed by atoms with E-state index in [-0.39, 0.29) is 12.2 Å². The van der Waals surface area contributed by atoms with E-state index in [1.165, 1.54) is 0 Å². The molecule has 1 aliphatic rings. The molecule has 8 nitrogen and oxygen atoms in total. The maximum Gasteiger partial charge on any atom is 0.255 e. The summed E-state index contributed by atoms with van der Waals surface area (Å²) < 4.78 is 16.7. The van der Waals surface area contributed by atoms with Crippen molar-refractivity contribution in [2.75, 3.05) is 32.9 Å². The monoisotopic (exact) mass is 403 g/mol. The summed E-state index contributed by atoms with van der Waals surface area (Å²) in [4.78, 5) is 22.0. The molecule has 0 spiro atoms. The number of benzene rings is 1. The molecule has 158 valence electrons. The Bertz CT molecular complexity index is 821. The summed E-state index contributed by atoms with van der Waals surface area (Å²) in [5.74, 6) is 1.13. The van der Waals surface area contributed by atoms with E-state index >= 15 is 0 Å². The molecule has 0 amide bonds. The van der Waals surface area contributed by atoms with E-state index in [1.54, 1.807) is 0 Å². The number of nitrogens with zero attached hydrogens (tertiary/aromatic N) is 2. The van der Waals surface area contributed by atoms with Gasteiger partial charge in [-0.3, -0.25) is 9.69 Å². The van der Waals surface area contributed by atoms with Crippen LogP contribution in [0.1, 0.15) is 37.2 Å². The molecule has 0 unspecified atom stereocenters. The minimum Gasteiger partial charge on any atom is -0.491 e. The summed E-state index contributed by atoms with van der Waals surface area (Å²) >= 11 is 0. The lowest BCUT2D eigenvalue weighted by Crippen LogP contribution is -2.41. The molecule has 0 aliphatic carbocycles. The molecule has 2 N–H and O–H groups in total. The summed E-state index contributed by atoms with van der Waals surface area (Å²) in [5, 5.41) is 10.3. The number of aromatic amines is 1. The van der Waals surface area contributed by atoms with Crippen LogP contribution in [0.15, 0.2) is 35.1 Å². The van der Waals surface area contributed by atoms with E-state index in [0.717, 1.165) is 11.4 Å². The first-order valence-corrected chi connectivity index (χ1v) is 10.0. The van der Waals surface area contributed by atoms with Gasteiger partial charge in [0, 0.05) is 39.3 Å². The van der Waals surface area contributed by atoms with Crippen molar-refractivity contribution in [2.24, 2.45) is 0 Å². The van der Waals surface area contributed by atoms with Crippen LogP contribution < -0.4 is 10.3 Å². The highest BCUT2D eigenvalue weighted by Crippen LogP contribution is 2.19. The standard InChI is InChI=1S/C21H29N3O5/c1-3-27-21(28-4-2)19-22-18-10-11-24(13-17(18)20(26)23-19)12-15(25)14-29-16-8-6-5-7-9-16/h5-9,15,21,25H,3-4,10-14H2,1-2H3,(H,22,23,26)/t15-/m1/s1. The Morgan fingerprint density at radius 3 is 2.62 bits per heavy atom. The molecule has 8 heteroatoms. The van der Waals surface area contributed by atoms with Gasteiger partial charge in [0.1, 0.15) is 18.5 Å². The number of aliphatic hydroxyl groups is 1. The third-order valence-corrected chi connectivity index (χ3v) is 4.68. The fraction of sp³-hybridized carbons (Fsp3) is 0.524. The van der Waals surface area contributed by atoms with Crippen LogP contribution >= 0.6 is 0 Å². The molecule has 1 atom stereocenters. The van der Waals surface area contributed by atoms with Crippen LogP contribution in [0.3, 0.4) is 0 Å². The van der Waals surface area contributed by atoms with Gasteiger partial charge in [-0.15, -0.1) is 0 Å². The van der Waals surface area contributed by atoms with Crippen LogP contribution in [0.2, 0.25) is 0 Å². The molecule has 1 aromatic heterocycles. The van der Waals surface area contributed by atoms with Crippen LogP contribution in [-0.4, -0.2) is 59.0 Å². The Balaban J connectivity index is 1.61. The second-order valence-electron chi connectivity index (χ2n) is 6.88. The highest BCUT2D eigenvalue weighted by atomic mass is 16.7. The van der Waals surface area contributed by atoms with Crippen LogP contribution in [0.25, 0.3) is 0 Å². The summed E-state index contributed by atoms with van der Waals surface area (Å²) in [5.41, 5.74) is 1.21. The van der Waals surface area contributed by atoms with Gasteiger partial charge in [0.2, 0.25) is 6.29 Å². The molecule has 2 heterocycles. The van der Waals surface area contributed by atoms with Crippen LogP contribution in [0, 0.1) is 0 Å². The van der Waals surface area contributed by atoms with Gasteiger partial charge >= 0.3 is 0 Å². The highest BCUT2D eigenvalue weighted by molar-refractivity contribution is 5.22. The number of para-hydroxylation sites is 1. The van der Waals surface area contributed by atoms with Crippen LogP contribution in [0.4, 0.5) is 0 Å². The van der Waals surface area contributed by atoms with Crippen molar-refractivity contribution in [1.82, 2.24) is 14.9 Å². The van der Waals surface area contributed by atoms with E-state index in [9.17, 15) is 9.90 Å². The van der Waals surface area contributed by atoms with Crippen molar-refractivity contribution < 1.29 is 19.3 Å². The minimum absolute atomic E-state index is 0.186. The normalized spacial score (nSPS) is 15.3. The Morgan fingerprint density at radius 1 is 1.21 bits per heavy atom. The number of β-amino-alcohol motifs (C(OH)–C–C–N with tert-alkyl or cyclic N) is 1. The largest absolute Gasteiger partial charge is 0.491 e. The maximum absolute atomic E-state index is 12.6. The molecule has 1 aliphatic heterocycles. The summed E-state index contributed by atoms with van der Waals surface area (Å²) in [6, 6.07) is 9.39.